The zero-order valence-electron chi connectivity index (χ0n) is 15.7. The molecule has 0 saturated carbocycles. The fourth-order valence-electron chi connectivity index (χ4n) is 2.36. The molecule has 0 aliphatic rings. The number of nitrogens with one attached hydrogen (secondary N) is 1. The molecule has 0 aromatic heterocycles. The van der Waals surface area contributed by atoms with Gasteiger partial charge in [-0.1, -0.05) is 11.6 Å². The lowest BCUT2D eigenvalue weighted by Gasteiger charge is -2.12. The van der Waals surface area contributed by atoms with E-state index in [0.29, 0.717) is 45.9 Å². The normalized spacial score (nSPS) is 10.6. The highest BCUT2D eigenvalue weighted by Crippen LogP contribution is 2.36. The molecule has 1 N–H and O–H groups in total. The molecule has 0 bridgehead atoms. The molecule has 0 aliphatic carbocycles. The minimum absolute atomic E-state index is 0.311. The molecule has 6 nitrogen and oxygen atoms in total. The number of ether oxygens (including phenoxy) is 4. The van der Waals surface area contributed by atoms with Gasteiger partial charge >= 0.3 is 0 Å². The summed E-state index contributed by atoms with van der Waals surface area (Å²) in [6.07, 6.45) is 3.04. The van der Waals surface area contributed by atoms with Crippen molar-refractivity contribution in [3.8, 4) is 23.0 Å². The summed E-state index contributed by atoms with van der Waals surface area (Å²) in [5.74, 6) is 1.83. The van der Waals surface area contributed by atoms with Gasteiger partial charge in [-0.2, -0.15) is 0 Å². The minimum Gasteiger partial charge on any atom is -0.497 e. The number of methoxy groups -OCH3 is 3. The Labute approximate surface area is 163 Å². The maximum atomic E-state index is 12.2. The van der Waals surface area contributed by atoms with Gasteiger partial charge in [0, 0.05) is 30.0 Å². The average molecular weight is 392 g/mol. The molecule has 0 spiro atoms. The van der Waals surface area contributed by atoms with Gasteiger partial charge in [0.25, 0.3) is 0 Å². The van der Waals surface area contributed by atoms with Crippen LogP contribution in [0.1, 0.15) is 12.5 Å². The fraction of sp³-hybridized carbons (Fsp3) is 0.250. The Kier molecular flexibility index (Phi) is 7.37. The molecule has 0 radical (unpaired) electrons. The number of hydrogen-bond acceptors (Lipinski definition) is 5. The molecule has 0 aliphatic heterocycles. The van der Waals surface area contributed by atoms with Crippen LogP contribution in [0.15, 0.2) is 36.4 Å². The van der Waals surface area contributed by atoms with Gasteiger partial charge in [0.1, 0.15) is 11.5 Å². The van der Waals surface area contributed by atoms with Crippen molar-refractivity contribution < 1.29 is 23.7 Å². The molecule has 0 saturated heterocycles. The maximum Gasteiger partial charge on any atom is 0.248 e. The molecule has 0 unspecified atom stereocenters. The van der Waals surface area contributed by atoms with E-state index in [0.717, 1.165) is 0 Å². The Balaban J connectivity index is 2.16. The molecule has 1 amide bonds. The maximum absolute atomic E-state index is 12.2. The van der Waals surface area contributed by atoms with E-state index in [1.807, 2.05) is 6.92 Å². The second kappa shape index (κ2) is 9.73. The van der Waals surface area contributed by atoms with E-state index in [4.69, 9.17) is 30.5 Å². The number of carbonyl (C=O) groups is 1. The molecule has 0 fully saturated rings. The van der Waals surface area contributed by atoms with Crippen LogP contribution in [0.3, 0.4) is 0 Å². The first-order chi connectivity index (χ1) is 13.0. The molecule has 27 heavy (non-hydrogen) atoms. The third kappa shape index (κ3) is 5.56. The summed E-state index contributed by atoms with van der Waals surface area (Å²) in [7, 11) is 4.62. The Hall–Kier alpha value is -2.86. The van der Waals surface area contributed by atoms with Crippen molar-refractivity contribution >= 4 is 29.3 Å². The van der Waals surface area contributed by atoms with Crippen LogP contribution in [0.4, 0.5) is 5.69 Å². The van der Waals surface area contributed by atoms with Gasteiger partial charge in [-0.05, 0) is 30.7 Å². The predicted molar refractivity (Wildman–Crippen MR) is 106 cm³/mol. The Morgan fingerprint density at radius 3 is 2.26 bits per heavy atom. The number of hydrogen-bond donors (Lipinski definition) is 1. The second-order valence-corrected chi connectivity index (χ2v) is 5.80. The van der Waals surface area contributed by atoms with Crippen LogP contribution in [0.5, 0.6) is 23.0 Å². The van der Waals surface area contributed by atoms with Crippen LogP contribution in [0.2, 0.25) is 5.02 Å². The molecule has 2 aromatic rings. The van der Waals surface area contributed by atoms with E-state index in [1.54, 1.807) is 50.6 Å². The fourth-order valence-corrected chi connectivity index (χ4v) is 2.63. The largest absolute Gasteiger partial charge is 0.497 e. The summed E-state index contributed by atoms with van der Waals surface area (Å²) < 4.78 is 21.2. The first kappa shape index (κ1) is 20.5. The van der Waals surface area contributed by atoms with E-state index >= 15 is 0 Å². The van der Waals surface area contributed by atoms with Crippen LogP contribution in [-0.4, -0.2) is 33.8 Å². The quantitative estimate of drug-likeness (QED) is 0.675. The molecule has 2 rings (SSSR count). The highest BCUT2D eigenvalue weighted by atomic mass is 35.5. The minimum atomic E-state index is -0.311. The summed E-state index contributed by atoms with van der Waals surface area (Å²) in [6.45, 7) is 2.33. The van der Waals surface area contributed by atoms with Gasteiger partial charge in [-0.25, -0.2) is 0 Å². The zero-order chi connectivity index (χ0) is 19.8. The molecular weight excluding hydrogens is 370 g/mol. The van der Waals surface area contributed by atoms with Crippen molar-refractivity contribution in [3.63, 3.8) is 0 Å². The Morgan fingerprint density at radius 1 is 1.04 bits per heavy atom. The van der Waals surface area contributed by atoms with Gasteiger partial charge in [-0.3, -0.25) is 4.79 Å². The second-order valence-electron chi connectivity index (χ2n) is 5.39. The van der Waals surface area contributed by atoms with Gasteiger partial charge in [-0.15, -0.1) is 0 Å². The zero-order valence-corrected chi connectivity index (χ0v) is 16.4. The van der Waals surface area contributed by atoms with Crippen LogP contribution in [-0.2, 0) is 4.79 Å². The number of benzene rings is 2. The Bertz CT molecular complexity index is 813. The molecule has 0 atom stereocenters. The highest BCUT2D eigenvalue weighted by molar-refractivity contribution is 6.32. The molecule has 0 heterocycles. The van der Waals surface area contributed by atoms with Crippen LogP contribution in [0, 0.1) is 0 Å². The summed E-state index contributed by atoms with van der Waals surface area (Å²) in [6, 6.07) is 8.57. The van der Waals surface area contributed by atoms with E-state index < -0.39 is 0 Å². The van der Waals surface area contributed by atoms with E-state index in [9.17, 15) is 4.79 Å². The summed E-state index contributed by atoms with van der Waals surface area (Å²) in [4.78, 5) is 12.2. The van der Waals surface area contributed by atoms with E-state index in [-0.39, 0.29) is 5.91 Å². The van der Waals surface area contributed by atoms with Crippen LogP contribution in [0.25, 0.3) is 6.08 Å². The average Bonchev–Trinajstić information content (AvgIpc) is 2.67. The molecule has 144 valence electrons. The third-order valence-electron chi connectivity index (χ3n) is 3.59. The van der Waals surface area contributed by atoms with Crippen molar-refractivity contribution in [1.29, 1.82) is 0 Å². The number of carbonyl (C=O) groups excluding carboxylic acids is 1. The van der Waals surface area contributed by atoms with Crippen molar-refractivity contribution in [2.24, 2.45) is 0 Å². The van der Waals surface area contributed by atoms with Gasteiger partial charge < -0.3 is 24.3 Å². The highest BCUT2D eigenvalue weighted by Gasteiger charge is 2.11. The number of anilines is 1. The van der Waals surface area contributed by atoms with Crippen LogP contribution >= 0.6 is 11.6 Å². The first-order valence-electron chi connectivity index (χ1n) is 8.23. The van der Waals surface area contributed by atoms with E-state index in [1.165, 1.54) is 13.2 Å². The number of halogens is 1. The predicted octanol–water partition coefficient (Wildman–Crippen LogP) is 4.42. The lowest BCUT2D eigenvalue weighted by Crippen LogP contribution is -2.08. The molecule has 2 aromatic carbocycles. The van der Waals surface area contributed by atoms with E-state index in [2.05, 4.69) is 5.32 Å². The Morgan fingerprint density at radius 2 is 1.70 bits per heavy atom. The smallest absolute Gasteiger partial charge is 0.248 e. The summed E-state index contributed by atoms with van der Waals surface area (Å²) in [5, 5.41) is 3.17. The molecular formula is C20H22ClNO5. The van der Waals surface area contributed by atoms with Crippen molar-refractivity contribution in [2.75, 3.05) is 33.3 Å². The molecule has 7 heteroatoms. The van der Waals surface area contributed by atoms with Crippen molar-refractivity contribution in [2.45, 2.75) is 6.92 Å². The lowest BCUT2D eigenvalue weighted by molar-refractivity contribution is -0.111. The van der Waals surface area contributed by atoms with Crippen LogP contribution < -0.4 is 24.3 Å². The van der Waals surface area contributed by atoms with Crippen molar-refractivity contribution in [3.05, 3.63) is 47.0 Å². The topological polar surface area (TPSA) is 66.0 Å². The van der Waals surface area contributed by atoms with Gasteiger partial charge in [0.2, 0.25) is 5.91 Å². The lowest BCUT2D eigenvalue weighted by atomic mass is 10.2. The SMILES string of the molecule is CCOc1c(Cl)cc(/C=C/C(=O)Nc2cc(OC)cc(OC)c2)cc1OC. The summed E-state index contributed by atoms with van der Waals surface area (Å²) >= 11 is 6.24. The first-order valence-corrected chi connectivity index (χ1v) is 8.61. The summed E-state index contributed by atoms with van der Waals surface area (Å²) in [5.41, 5.74) is 1.27. The number of amides is 1. The van der Waals surface area contributed by atoms with Gasteiger partial charge in [0.05, 0.1) is 33.0 Å². The monoisotopic (exact) mass is 391 g/mol. The van der Waals surface area contributed by atoms with Gasteiger partial charge in [0.15, 0.2) is 11.5 Å². The third-order valence-corrected chi connectivity index (χ3v) is 3.87. The number of rotatable bonds is 8. The standard InChI is InChI=1S/C20H22ClNO5/c1-5-27-20-17(21)8-13(9-18(20)26-4)6-7-19(23)22-14-10-15(24-2)12-16(11-14)25-3/h6-12H,5H2,1-4H3,(H,22,23)/b7-6+. The van der Waals surface area contributed by atoms with Crippen molar-refractivity contribution in [1.82, 2.24) is 0 Å².